The first-order chi connectivity index (χ1) is 15.4. The first kappa shape index (κ1) is 22.8. The molecule has 0 aliphatic rings. The summed E-state index contributed by atoms with van der Waals surface area (Å²) in [5, 5.41) is 21.3. The zero-order valence-corrected chi connectivity index (χ0v) is 18.3. The smallest absolute Gasteiger partial charge is 0.335 e. The van der Waals surface area contributed by atoms with E-state index in [4.69, 9.17) is 9.84 Å². The zero-order chi connectivity index (χ0) is 23.1. The van der Waals surface area contributed by atoms with Gasteiger partial charge in [0.2, 0.25) is 5.91 Å². The number of pyridine rings is 1. The van der Waals surface area contributed by atoms with Crippen LogP contribution in [0.15, 0.2) is 65.7 Å². The Hall–Kier alpha value is -3.83. The molecule has 2 aromatic carbocycles. The van der Waals surface area contributed by atoms with Gasteiger partial charge in [-0.25, -0.2) is 9.78 Å². The van der Waals surface area contributed by atoms with E-state index in [2.05, 4.69) is 16.4 Å². The van der Waals surface area contributed by atoms with Crippen molar-refractivity contribution in [2.24, 2.45) is 0 Å². The summed E-state index contributed by atoms with van der Waals surface area (Å²) in [5.41, 5.74) is 2.59. The number of carbonyl (C=O) groups is 2. The molecule has 0 aliphatic carbocycles. The Bertz CT molecular complexity index is 1160. The van der Waals surface area contributed by atoms with Gasteiger partial charge in [-0.1, -0.05) is 18.7 Å². The molecule has 7 nitrogen and oxygen atoms in total. The van der Waals surface area contributed by atoms with Crippen LogP contribution in [0.3, 0.4) is 0 Å². The largest absolute Gasteiger partial charge is 0.497 e. The van der Waals surface area contributed by atoms with Gasteiger partial charge in [0, 0.05) is 11.3 Å². The monoisotopic (exact) mass is 447 g/mol. The summed E-state index contributed by atoms with van der Waals surface area (Å²) in [6, 6.07) is 19.0. The number of amides is 1. The number of carboxylic acid groups (broad SMARTS) is 1. The number of hydrogen-bond donors (Lipinski definition) is 2. The van der Waals surface area contributed by atoms with Crippen LogP contribution in [-0.4, -0.2) is 34.3 Å². The number of benzene rings is 2. The summed E-state index contributed by atoms with van der Waals surface area (Å²) in [5.74, 6) is -0.547. The summed E-state index contributed by atoms with van der Waals surface area (Å²) in [4.78, 5) is 28.4. The Morgan fingerprint density at radius 1 is 1.12 bits per heavy atom. The highest BCUT2D eigenvalue weighted by atomic mass is 32.2. The molecule has 3 aromatic rings. The molecule has 0 spiro atoms. The van der Waals surface area contributed by atoms with Crippen molar-refractivity contribution in [3.63, 3.8) is 0 Å². The van der Waals surface area contributed by atoms with Crippen molar-refractivity contribution in [3.8, 4) is 23.1 Å². The maximum atomic E-state index is 12.8. The minimum absolute atomic E-state index is 0.141. The molecule has 32 heavy (non-hydrogen) atoms. The van der Waals surface area contributed by atoms with Gasteiger partial charge in [0.15, 0.2) is 0 Å². The van der Waals surface area contributed by atoms with Crippen LogP contribution in [0.5, 0.6) is 5.75 Å². The molecule has 162 valence electrons. The van der Waals surface area contributed by atoms with Crippen LogP contribution in [0.2, 0.25) is 0 Å². The normalized spacial score (nSPS) is 11.3. The van der Waals surface area contributed by atoms with E-state index in [0.717, 1.165) is 11.3 Å². The molecule has 0 saturated carbocycles. The lowest BCUT2D eigenvalue weighted by Gasteiger charge is -2.16. The SMILES string of the molecule is CCC(Sc1nc(-c2ccc(OC)cc2)ccc1C#N)C(=O)Nc1ccc(C(=O)O)cc1. The molecular weight excluding hydrogens is 426 g/mol. The molecule has 0 aliphatic heterocycles. The number of rotatable bonds is 8. The van der Waals surface area contributed by atoms with Gasteiger partial charge < -0.3 is 15.2 Å². The minimum Gasteiger partial charge on any atom is -0.497 e. The molecule has 0 radical (unpaired) electrons. The van der Waals surface area contributed by atoms with Gasteiger partial charge in [-0.15, -0.1) is 0 Å². The van der Waals surface area contributed by atoms with Gasteiger partial charge in [-0.2, -0.15) is 5.26 Å². The van der Waals surface area contributed by atoms with E-state index in [-0.39, 0.29) is 11.5 Å². The fourth-order valence-electron chi connectivity index (χ4n) is 2.91. The number of nitriles is 1. The first-order valence-corrected chi connectivity index (χ1v) is 10.7. The molecule has 1 aromatic heterocycles. The van der Waals surface area contributed by atoms with E-state index in [0.29, 0.717) is 28.4 Å². The third-order valence-corrected chi connectivity index (χ3v) is 6.05. The molecule has 1 heterocycles. The second-order valence-corrected chi connectivity index (χ2v) is 7.97. The standard InChI is InChI=1S/C24H21N3O4S/c1-3-21(22(28)26-18-9-4-16(5-10-18)24(29)30)32-23-17(14-25)8-13-20(27-23)15-6-11-19(31-2)12-7-15/h4-13,21H,3H2,1-2H3,(H,26,28)(H,29,30). The number of carbonyl (C=O) groups excluding carboxylic acids is 1. The summed E-state index contributed by atoms with van der Waals surface area (Å²) in [6.07, 6.45) is 0.517. The summed E-state index contributed by atoms with van der Waals surface area (Å²) in [7, 11) is 1.60. The van der Waals surface area contributed by atoms with Gasteiger partial charge in [-0.3, -0.25) is 4.79 Å². The molecule has 2 N–H and O–H groups in total. The molecule has 1 atom stereocenters. The van der Waals surface area contributed by atoms with Crippen LogP contribution >= 0.6 is 11.8 Å². The molecule has 8 heteroatoms. The lowest BCUT2D eigenvalue weighted by Crippen LogP contribution is -2.24. The minimum atomic E-state index is -1.03. The first-order valence-electron chi connectivity index (χ1n) is 9.81. The van der Waals surface area contributed by atoms with Crippen molar-refractivity contribution in [1.82, 2.24) is 4.98 Å². The van der Waals surface area contributed by atoms with Gasteiger partial charge in [0.05, 0.1) is 29.2 Å². The van der Waals surface area contributed by atoms with Gasteiger partial charge in [0.25, 0.3) is 0 Å². The average molecular weight is 448 g/mol. The van der Waals surface area contributed by atoms with Crippen LogP contribution in [0, 0.1) is 11.3 Å². The second kappa shape index (κ2) is 10.5. The molecule has 1 unspecified atom stereocenters. The highest BCUT2D eigenvalue weighted by Crippen LogP contribution is 2.31. The molecule has 0 fully saturated rings. The van der Waals surface area contributed by atoms with E-state index < -0.39 is 11.2 Å². The number of aromatic carboxylic acids is 1. The van der Waals surface area contributed by atoms with Crippen LogP contribution in [0.4, 0.5) is 5.69 Å². The molecular formula is C24H21N3O4S. The predicted molar refractivity (Wildman–Crippen MR) is 123 cm³/mol. The Balaban J connectivity index is 1.80. The quantitative estimate of drug-likeness (QED) is 0.475. The molecule has 0 bridgehead atoms. The number of thioether (sulfide) groups is 1. The van der Waals surface area contributed by atoms with Crippen LogP contribution < -0.4 is 10.1 Å². The predicted octanol–water partition coefficient (Wildman–Crippen LogP) is 4.84. The van der Waals surface area contributed by atoms with E-state index in [1.54, 1.807) is 31.4 Å². The number of nitrogens with one attached hydrogen (secondary N) is 1. The van der Waals surface area contributed by atoms with Crippen molar-refractivity contribution >= 4 is 29.3 Å². The van der Waals surface area contributed by atoms with Crippen LogP contribution in [0.1, 0.15) is 29.3 Å². The number of ether oxygens (including phenoxy) is 1. The summed E-state index contributed by atoms with van der Waals surface area (Å²) >= 11 is 1.23. The maximum absolute atomic E-state index is 12.8. The van der Waals surface area contributed by atoms with E-state index in [9.17, 15) is 14.9 Å². The van der Waals surface area contributed by atoms with Gasteiger partial charge in [0.1, 0.15) is 16.8 Å². The second-order valence-electron chi connectivity index (χ2n) is 6.78. The highest BCUT2D eigenvalue weighted by molar-refractivity contribution is 8.00. The van der Waals surface area contributed by atoms with Crippen LogP contribution in [0.25, 0.3) is 11.3 Å². The fraction of sp³-hybridized carbons (Fsp3) is 0.167. The van der Waals surface area contributed by atoms with Crippen molar-refractivity contribution in [2.45, 2.75) is 23.6 Å². The number of nitrogens with zero attached hydrogens (tertiary/aromatic N) is 2. The molecule has 1 amide bonds. The van der Waals surface area contributed by atoms with Crippen molar-refractivity contribution in [2.75, 3.05) is 12.4 Å². The zero-order valence-electron chi connectivity index (χ0n) is 17.5. The average Bonchev–Trinajstić information content (AvgIpc) is 2.82. The fourth-order valence-corrected chi connectivity index (χ4v) is 3.91. The lowest BCUT2D eigenvalue weighted by atomic mass is 10.1. The third-order valence-electron chi connectivity index (χ3n) is 4.68. The molecule has 0 saturated heterocycles. The number of anilines is 1. The Morgan fingerprint density at radius 2 is 1.81 bits per heavy atom. The van der Waals surface area contributed by atoms with E-state index in [1.165, 1.54) is 23.9 Å². The van der Waals surface area contributed by atoms with Crippen molar-refractivity contribution in [3.05, 3.63) is 71.8 Å². The Labute approximate surface area is 190 Å². The number of hydrogen-bond acceptors (Lipinski definition) is 6. The van der Waals surface area contributed by atoms with Crippen molar-refractivity contribution < 1.29 is 19.4 Å². The maximum Gasteiger partial charge on any atom is 0.335 e. The summed E-state index contributed by atoms with van der Waals surface area (Å²) in [6.45, 7) is 1.88. The Morgan fingerprint density at radius 3 is 2.38 bits per heavy atom. The molecule has 3 rings (SSSR count). The lowest BCUT2D eigenvalue weighted by molar-refractivity contribution is -0.115. The number of carboxylic acids is 1. The Kier molecular flexibility index (Phi) is 7.47. The highest BCUT2D eigenvalue weighted by Gasteiger charge is 2.21. The van der Waals surface area contributed by atoms with Gasteiger partial charge in [-0.05, 0) is 67.1 Å². The van der Waals surface area contributed by atoms with E-state index in [1.807, 2.05) is 31.2 Å². The van der Waals surface area contributed by atoms with E-state index >= 15 is 0 Å². The van der Waals surface area contributed by atoms with Gasteiger partial charge >= 0.3 is 5.97 Å². The number of aromatic nitrogens is 1. The topological polar surface area (TPSA) is 112 Å². The number of methoxy groups -OCH3 is 1. The van der Waals surface area contributed by atoms with Crippen LogP contribution in [-0.2, 0) is 4.79 Å². The van der Waals surface area contributed by atoms with Crippen molar-refractivity contribution in [1.29, 1.82) is 5.26 Å². The summed E-state index contributed by atoms with van der Waals surface area (Å²) < 4.78 is 5.18. The third kappa shape index (κ3) is 5.45.